The summed E-state index contributed by atoms with van der Waals surface area (Å²) in [7, 11) is 1.77. The number of aromatic nitrogens is 2. The van der Waals surface area contributed by atoms with Crippen LogP contribution in [0.4, 0.5) is 5.82 Å². The summed E-state index contributed by atoms with van der Waals surface area (Å²) >= 11 is 0. The lowest BCUT2D eigenvalue weighted by molar-refractivity contribution is 1.09. The average Bonchev–Trinajstić information content (AvgIpc) is 2.20. The molecule has 2 N–H and O–H groups in total. The molecule has 1 heterocycles. The van der Waals surface area contributed by atoms with E-state index < -0.39 is 0 Å². The van der Waals surface area contributed by atoms with Crippen molar-refractivity contribution in [2.75, 3.05) is 12.4 Å². The molecule has 0 aliphatic rings. The van der Waals surface area contributed by atoms with Crippen molar-refractivity contribution in [1.29, 1.82) is 5.41 Å². The molecule has 0 spiro atoms. The molecule has 0 aliphatic carbocycles. The van der Waals surface area contributed by atoms with E-state index in [0.29, 0.717) is 5.82 Å². The van der Waals surface area contributed by atoms with Crippen molar-refractivity contribution < 1.29 is 0 Å². The Hall–Kier alpha value is -1.45. The van der Waals surface area contributed by atoms with E-state index >= 15 is 0 Å². The van der Waals surface area contributed by atoms with Gasteiger partial charge in [-0.05, 0) is 6.92 Å². The summed E-state index contributed by atoms with van der Waals surface area (Å²) in [4.78, 5) is 7.91. The van der Waals surface area contributed by atoms with Gasteiger partial charge >= 0.3 is 0 Å². The van der Waals surface area contributed by atoms with Crippen LogP contribution in [-0.4, -0.2) is 23.2 Å². The zero-order valence-electron chi connectivity index (χ0n) is 8.55. The number of nitrogens with zero attached hydrogens (tertiary/aromatic N) is 2. The molecule has 4 nitrogen and oxygen atoms in total. The van der Waals surface area contributed by atoms with Crippen molar-refractivity contribution in [3.05, 3.63) is 17.6 Å². The molecule has 0 saturated heterocycles. The molecule has 0 fully saturated rings. The summed E-state index contributed by atoms with van der Waals surface area (Å²) in [5.41, 5.74) is 1.56. The van der Waals surface area contributed by atoms with Gasteiger partial charge in [0.2, 0.25) is 0 Å². The van der Waals surface area contributed by atoms with Crippen molar-refractivity contribution in [2.24, 2.45) is 0 Å². The molecule has 1 rings (SSSR count). The highest BCUT2D eigenvalue weighted by molar-refractivity contribution is 5.85. The molecule has 0 atom stereocenters. The topological polar surface area (TPSA) is 61.7 Å². The molecule has 1 aromatic rings. The quantitative estimate of drug-likeness (QED) is 0.683. The third-order valence-electron chi connectivity index (χ3n) is 1.46. The van der Waals surface area contributed by atoms with Gasteiger partial charge in [0.1, 0.15) is 12.1 Å². The van der Waals surface area contributed by atoms with Crippen LogP contribution in [0.2, 0.25) is 0 Å². The minimum Gasteiger partial charge on any atom is -0.372 e. The molecular formula is C9H16N4. The zero-order valence-corrected chi connectivity index (χ0v) is 8.55. The Bertz CT molecular complexity index is 270. The highest BCUT2D eigenvalue weighted by Gasteiger charge is 2.01. The van der Waals surface area contributed by atoms with E-state index in [1.54, 1.807) is 7.05 Å². The molecule has 0 radical (unpaired) electrons. The monoisotopic (exact) mass is 180 g/mol. The minimum absolute atomic E-state index is 0.701. The molecule has 0 amide bonds. The van der Waals surface area contributed by atoms with Crippen molar-refractivity contribution >= 4 is 12.0 Å². The van der Waals surface area contributed by atoms with E-state index in [1.165, 1.54) is 12.5 Å². The van der Waals surface area contributed by atoms with E-state index in [2.05, 4.69) is 15.3 Å². The predicted octanol–water partition coefficient (Wildman–Crippen LogP) is 1.85. The first-order valence-electron chi connectivity index (χ1n) is 4.29. The molecule has 0 bridgehead atoms. The fraction of sp³-hybridized carbons (Fsp3) is 0.444. The summed E-state index contributed by atoms with van der Waals surface area (Å²) < 4.78 is 0. The lowest BCUT2D eigenvalue weighted by Crippen LogP contribution is -2.01. The van der Waals surface area contributed by atoms with Crippen LogP contribution in [0.25, 0.3) is 0 Å². The molecule has 0 aliphatic heterocycles. The first kappa shape index (κ1) is 11.6. The van der Waals surface area contributed by atoms with Gasteiger partial charge in [0.05, 0.1) is 11.3 Å². The first-order valence-corrected chi connectivity index (χ1v) is 4.29. The normalized spacial score (nSPS) is 8.31. The van der Waals surface area contributed by atoms with Crippen LogP contribution in [0.1, 0.15) is 25.1 Å². The fourth-order valence-electron chi connectivity index (χ4n) is 0.856. The molecule has 13 heavy (non-hydrogen) atoms. The van der Waals surface area contributed by atoms with Crippen LogP contribution in [0.5, 0.6) is 0 Å². The van der Waals surface area contributed by atoms with Gasteiger partial charge in [0, 0.05) is 13.3 Å². The zero-order chi connectivity index (χ0) is 10.3. The Morgan fingerprint density at radius 3 is 2.38 bits per heavy atom. The molecular weight excluding hydrogens is 164 g/mol. The van der Waals surface area contributed by atoms with E-state index in [9.17, 15) is 0 Å². The third kappa shape index (κ3) is 2.82. The summed E-state index contributed by atoms with van der Waals surface area (Å²) in [5.74, 6) is 0.701. The lowest BCUT2D eigenvalue weighted by atomic mass is 10.2. The second-order valence-electron chi connectivity index (χ2n) is 2.12. The van der Waals surface area contributed by atoms with Crippen molar-refractivity contribution in [3.8, 4) is 0 Å². The molecule has 1 aromatic heterocycles. The SMILES string of the molecule is CC.CNc1ncnc(C)c1C=N. The van der Waals surface area contributed by atoms with Gasteiger partial charge < -0.3 is 10.7 Å². The van der Waals surface area contributed by atoms with Crippen LogP contribution in [-0.2, 0) is 0 Å². The predicted molar refractivity (Wildman–Crippen MR) is 55.5 cm³/mol. The van der Waals surface area contributed by atoms with Gasteiger partial charge in [0.25, 0.3) is 0 Å². The van der Waals surface area contributed by atoms with Gasteiger partial charge in [-0.2, -0.15) is 0 Å². The smallest absolute Gasteiger partial charge is 0.138 e. The number of nitrogens with one attached hydrogen (secondary N) is 2. The highest BCUT2D eigenvalue weighted by Crippen LogP contribution is 2.09. The fourth-order valence-corrected chi connectivity index (χ4v) is 0.856. The summed E-state index contributed by atoms with van der Waals surface area (Å²) in [6, 6.07) is 0. The maximum absolute atomic E-state index is 7.08. The van der Waals surface area contributed by atoms with Crippen molar-refractivity contribution in [3.63, 3.8) is 0 Å². The van der Waals surface area contributed by atoms with Crippen molar-refractivity contribution in [2.45, 2.75) is 20.8 Å². The summed E-state index contributed by atoms with van der Waals surface area (Å²) in [5, 5.41) is 9.97. The first-order chi connectivity index (χ1) is 6.29. The van der Waals surface area contributed by atoms with Gasteiger partial charge in [-0.15, -0.1) is 0 Å². The van der Waals surface area contributed by atoms with Gasteiger partial charge in [-0.25, -0.2) is 9.97 Å². The average molecular weight is 180 g/mol. The lowest BCUT2D eigenvalue weighted by Gasteiger charge is -2.03. The standard InChI is InChI=1S/C7H10N4.C2H6/c1-5-6(3-8)7(9-2)11-4-10-5;1-2/h3-4,8H,1-2H3,(H,9,10,11);1-2H3. The summed E-state index contributed by atoms with van der Waals surface area (Å²) in [6.07, 6.45) is 2.73. The highest BCUT2D eigenvalue weighted by atomic mass is 15.0. The second kappa shape index (κ2) is 6.11. The van der Waals surface area contributed by atoms with E-state index in [4.69, 9.17) is 5.41 Å². The molecule has 0 unspecified atom stereocenters. The van der Waals surface area contributed by atoms with Gasteiger partial charge in [0.15, 0.2) is 0 Å². The number of rotatable bonds is 2. The van der Waals surface area contributed by atoms with Gasteiger partial charge in [-0.3, -0.25) is 0 Å². The van der Waals surface area contributed by atoms with E-state index in [-0.39, 0.29) is 0 Å². The van der Waals surface area contributed by atoms with Crippen LogP contribution < -0.4 is 5.32 Å². The largest absolute Gasteiger partial charge is 0.372 e. The Kier molecular flexibility index (Phi) is 5.43. The Morgan fingerprint density at radius 1 is 1.38 bits per heavy atom. The molecule has 72 valence electrons. The van der Waals surface area contributed by atoms with E-state index in [1.807, 2.05) is 20.8 Å². The van der Waals surface area contributed by atoms with Crippen LogP contribution in [0.3, 0.4) is 0 Å². The number of hydrogen-bond donors (Lipinski definition) is 2. The molecule has 4 heteroatoms. The van der Waals surface area contributed by atoms with Crippen LogP contribution >= 0.6 is 0 Å². The number of anilines is 1. The number of aryl methyl sites for hydroxylation is 1. The van der Waals surface area contributed by atoms with Gasteiger partial charge in [-0.1, -0.05) is 13.8 Å². The Morgan fingerprint density at radius 2 is 2.00 bits per heavy atom. The maximum Gasteiger partial charge on any atom is 0.138 e. The Labute approximate surface area is 78.9 Å². The number of hydrogen-bond acceptors (Lipinski definition) is 4. The Balaban J connectivity index is 0.000000671. The molecule has 0 saturated carbocycles. The van der Waals surface area contributed by atoms with E-state index in [0.717, 1.165) is 11.3 Å². The summed E-state index contributed by atoms with van der Waals surface area (Å²) in [6.45, 7) is 5.85. The third-order valence-corrected chi connectivity index (χ3v) is 1.46. The van der Waals surface area contributed by atoms with Crippen LogP contribution in [0, 0.1) is 12.3 Å². The molecule has 0 aromatic carbocycles. The van der Waals surface area contributed by atoms with Crippen molar-refractivity contribution in [1.82, 2.24) is 9.97 Å². The second-order valence-corrected chi connectivity index (χ2v) is 2.12. The maximum atomic E-state index is 7.08. The minimum atomic E-state index is 0.701. The van der Waals surface area contributed by atoms with Crippen LogP contribution in [0.15, 0.2) is 6.33 Å².